The molecule has 0 amide bonds. The Morgan fingerprint density at radius 2 is 1.69 bits per heavy atom. The van der Waals surface area contributed by atoms with Crippen LogP contribution in [0.1, 0.15) is 5.56 Å². The third-order valence-corrected chi connectivity index (χ3v) is 5.29. The van der Waals surface area contributed by atoms with Crippen LogP contribution in [0.4, 0.5) is 4.39 Å². The summed E-state index contributed by atoms with van der Waals surface area (Å²) in [6.07, 6.45) is 0. The maximum absolute atomic E-state index is 13.7. The lowest BCUT2D eigenvalue weighted by atomic mass is 10.2. The lowest BCUT2D eigenvalue weighted by Gasteiger charge is -2.11. The van der Waals surface area contributed by atoms with E-state index in [1.807, 2.05) is 24.3 Å². The van der Waals surface area contributed by atoms with Crippen LogP contribution in [0.25, 0.3) is 27.9 Å². The highest BCUT2D eigenvalue weighted by atomic mass is 19.1. The summed E-state index contributed by atoms with van der Waals surface area (Å²) >= 11 is 0. The lowest BCUT2D eigenvalue weighted by Crippen LogP contribution is -2.28. The zero-order valence-corrected chi connectivity index (χ0v) is 17.4. The number of hydrogen-bond acceptors (Lipinski definition) is 5. The van der Waals surface area contributed by atoms with Crippen LogP contribution in [0, 0.1) is 5.82 Å². The summed E-state index contributed by atoms with van der Waals surface area (Å²) in [4.78, 5) is 18.1. The number of nitrogens with zero attached hydrogens (tertiary/aromatic N) is 4. The molecule has 0 atom stereocenters. The monoisotopic (exact) mass is 430 g/mol. The van der Waals surface area contributed by atoms with Crippen molar-refractivity contribution in [2.45, 2.75) is 6.54 Å². The van der Waals surface area contributed by atoms with Gasteiger partial charge in [-0.15, -0.1) is 5.10 Å². The van der Waals surface area contributed by atoms with Crippen molar-refractivity contribution in [3.05, 3.63) is 88.6 Å². The van der Waals surface area contributed by atoms with Crippen LogP contribution >= 0.6 is 0 Å². The Hall–Kier alpha value is -4.20. The molecule has 0 saturated heterocycles. The molecule has 0 spiro atoms. The summed E-state index contributed by atoms with van der Waals surface area (Å²) in [6, 6.07) is 19.0. The van der Waals surface area contributed by atoms with Gasteiger partial charge in [0.05, 0.1) is 26.3 Å². The summed E-state index contributed by atoms with van der Waals surface area (Å²) in [7, 11) is 3.13. The molecular weight excluding hydrogens is 411 g/mol. The highest BCUT2D eigenvalue weighted by molar-refractivity contribution is 5.92. The highest BCUT2D eigenvalue weighted by Gasteiger charge is 2.17. The number of hydrogen-bond donors (Lipinski definition) is 0. The first-order chi connectivity index (χ1) is 15.6. The maximum Gasteiger partial charge on any atom is 0.351 e. The average Bonchev–Trinajstić information content (AvgIpc) is 3.27. The smallest absolute Gasteiger partial charge is 0.351 e. The topological polar surface area (TPSA) is 70.7 Å². The molecule has 0 aliphatic rings. The Morgan fingerprint density at radius 1 is 0.938 bits per heavy atom. The van der Waals surface area contributed by atoms with E-state index in [9.17, 15) is 9.18 Å². The molecule has 0 N–H and O–H groups in total. The van der Waals surface area contributed by atoms with Gasteiger partial charge in [0.25, 0.3) is 0 Å². The van der Waals surface area contributed by atoms with Gasteiger partial charge >= 0.3 is 5.69 Å². The van der Waals surface area contributed by atoms with Crippen molar-refractivity contribution >= 4 is 16.6 Å². The summed E-state index contributed by atoms with van der Waals surface area (Å²) in [5, 5.41) is 5.25. The Kier molecular flexibility index (Phi) is 4.82. The van der Waals surface area contributed by atoms with E-state index >= 15 is 0 Å². The van der Waals surface area contributed by atoms with Gasteiger partial charge in [0.1, 0.15) is 17.3 Å². The largest absolute Gasteiger partial charge is 0.497 e. The third-order valence-electron chi connectivity index (χ3n) is 5.29. The minimum absolute atomic E-state index is 0.204. The fraction of sp³-hybridized carbons (Fsp3) is 0.125. The minimum Gasteiger partial charge on any atom is -0.497 e. The first-order valence-electron chi connectivity index (χ1n) is 9.93. The minimum atomic E-state index is -0.364. The van der Waals surface area contributed by atoms with Gasteiger partial charge in [0.15, 0.2) is 11.5 Å². The normalized spacial score (nSPS) is 11.2. The van der Waals surface area contributed by atoms with Crippen molar-refractivity contribution in [3.63, 3.8) is 0 Å². The van der Waals surface area contributed by atoms with Crippen LogP contribution in [-0.2, 0) is 6.54 Å². The molecule has 2 aromatic heterocycles. The van der Waals surface area contributed by atoms with Crippen molar-refractivity contribution in [1.29, 1.82) is 0 Å². The number of rotatable bonds is 5. The van der Waals surface area contributed by atoms with Crippen LogP contribution in [0.3, 0.4) is 0 Å². The van der Waals surface area contributed by atoms with E-state index in [4.69, 9.17) is 9.47 Å². The summed E-state index contributed by atoms with van der Waals surface area (Å²) < 4.78 is 27.3. The third kappa shape index (κ3) is 3.35. The molecule has 0 aliphatic carbocycles. The van der Waals surface area contributed by atoms with Gasteiger partial charge in [-0.25, -0.2) is 14.2 Å². The summed E-state index contributed by atoms with van der Waals surface area (Å²) in [5.74, 6) is 1.20. The molecule has 0 aliphatic heterocycles. The number of halogens is 1. The fourth-order valence-electron chi connectivity index (χ4n) is 3.76. The van der Waals surface area contributed by atoms with E-state index in [-0.39, 0.29) is 18.1 Å². The molecule has 0 fully saturated rings. The van der Waals surface area contributed by atoms with E-state index in [0.717, 1.165) is 5.39 Å². The Balaban J connectivity index is 1.74. The van der Waals surface area contributed by atoms with E-state index < -0.39 is 0 Å². The van der Waals surface area contributed by atoms with Crippen LogP contribution in [-0.4, -0.2) is 33.4 Å². The molecule has 0 radical (unpaired) electrons. The summed E-state index contributed by atoms with van der Waals surface area (Å²) in [5.41, 5.74) is 2.10. The summed E-state index contributed by atoms with van der Waals surface area (Å²) in [6.45, 7) is 0.204. The predicted molar refractivity (Wildman–Crippen MR) is 119 cm³/mol. The van der Waals surface area contributed by atoms with Gasteiger partial charge in [0, 0.05) is 17.0 Å². The second kappa shape index (κ2) is 7.81. The fourth-order valence-corrected chi connectivity index (χ4v) is 3.76. The average molecular weight is 430 g/mol. The standard InChI is InChI=1S/C24H19FN4O3/c1-31-18-11-16(12-19(13-18)32-2)22-26-23-20-8-3-4-9-21(20)28(24(30)29(23)27-22)14-15-6-5-7-17(25)10-15/h3-13H,14H2,1-2H3. The maximum atomic E-state index is 13.7. The molecule has 2 heterocycles. The second-order valence-electron chi connectivity index (χ2n) is 7.29. The van der Waals surface area contributed by atoms with Gasteiger partial charge in [-0.3, -0.25) is 4.57 Å². The number of para-hydroxylation sites is 1. The molecule has 0 bridgehead atoms. The molecule has 0 saturated carbocycles. The van der Waals surface area contributed by atoms with Gasteiger partial charge in [0.2, 0.25) is 0 Å². The lowest BCUT2D eigenvalue weighted by molar-refractivity contribution is 0.394. The molecule has 8 heteroatoms. The molecule has 3 aromatic carbocycles. The predicted octanol–water partition coefficient (Wildman–Crippen LogP) is 3.92. The Labute approximate surface area is 182 Å². The van der Waals surface area contributed by atoms with Crippen molar-refractivity contribution in [2.24, 2.45) is 0 Å². The first kappa shape index (κ1) is 19.7. The van der Waals surface area contributed by atoms with Crippen molar-refractivity contribution < 1.29 is 13.9 Å². The van der Waals surface area contributed by atoms with Crippen molar-refractivity contribution in [3.8, 4) is 22.9 Å². The van der Waals surface area contributed by atoms with E-state index in [1.54, 1.807) is 49.1 Å². The number of methoxy groups -OCH3 is 2. The van der Waals surface area contributed by atoms with Crippen LogP contribution in [0.5, 0.6) is 11.5 Å². The quantitative estimate of drug-likeness (QED) is 0.423. The van der Waals surface area contributed by atoms with E-state index in [1.165, 1.54) is 16.6 Å². The van der Waals surface area contributed by atoms with Crippen molar-refractivity contribution in [1.82, 2.24) is 19.2 Å². The zero-order valence-electron chi connectivity index (χ0n) is 17.4. The van der Waals surface area contributed by atoms with Gasteiger partial charge in [-0.05, 0) is 42.0 Å². The molecule has 5 aromatic rings. The highest BCUT2D eigenvalue weighted by Crippen LogP contribution is 2.29. The van der Waals surface area contributed by atoms with E-state index in [0.29, 0.717) is 39.6 Å². The molecule has 0 unspecified atom stereocenters. The Morgan fingerprint density at radius 3 is 2.41 bits per heavy atom. The Bertz CT molecular complexity index is 1500. The number of ether oxygens (including phenoxy) is 2. The van der Waals surface area contributed by atoms with Crippen LogP contribution < -0.4 is 15.2 Å². The SMILES string of the molecule is COc1cc(OC)cc(-c2nc3c4ccccc4n(Cc4cccc(F)c4)c(=O)n3n2)c1. The van der Waals surface area contributed by atoms with Gasteiger partial charge in [-0.1, -0.05) is 24.3 Å². The van der Waals surface area contributed by atoms with Crippen LogP contribution in [0.2, 0.25) is 0 Å². The number of aromatic nitrogens is 4. The molecule has 32 heavy (non-hydrogen) atoms. The zero-order chi connectivity index (χ0) is 22.2. The van der Waals surface area contributed by atoms with Crippen molar-refractivity contribution in [2.75, 3.05) is 14.2 Å². The second-order valence-corrected chi connectivity index (χ2v) is 7.29. The number of fused-ring (bicyclic) bond motifs is 3. The molecule has 7 nitrogen and oxygen atoms in total. The molecular formula is C24H19FN4O3. The van der Waals surface area contributed by atoms with Crippen LogP contribution in [0.15, 0.2) is 71.5 Å². The first-order valence-corrected chi connectivity index (χ1v) is 9.93. The number of benzene rings is 3. The molecule has 5 rings (SSSR count). The van der Waals surface area contributed by atoms with E-state index in [2.05, 4.69) is 10.1 Å². The van der Waals surface area contributed by atoms with Gasteiger partial charge < -0.3 is 9.47 Å². The van der Waals surface area contributed by atoms with Gasteiger partial charge in [-0.2, -0.15) is 4.52 Å². The molecule has 160 valence electrons.